The van der Waals surface area contributed by atoms with Gasteiger partial charge in [0.1, 0.15) is 5.82 Å². The molecule has 3 heteroatoms. The molecule has 0 amide bonds. The molecule has 0 aliphatic carbocycles. The topological polar surface area (TPSA) is 21.3 Å². The monoisotopic (exact) mass is 267 g/mol. The molecule has 0 spiro atoms. The lowest BCUT2D eigenvalue weighted by Gasteiger charge is -2.25. The maximum Gasteiger partial charge on any atom is 0.123 e. The fourth-order valence-corrected chi connectivity index (χ4v) is 2.30. The van der Waals surface area contributed by atoms with Crippen LogP contribution in [0.5, 0.6) is 0 Å². The Morgan fingerprint density at radius 2 is 1.95 bits per heavy atom. The van der Waals surface area contributed by atoms with Crippen LogP contribution in [0.1, 0.15) is 38.2 Å². The van der Waals surface area contributed by atoms with E-state index < -0.39 is 0 Å². The Balaban J connectivity index is 2.69. The predicted octanol–water partition coefficient (Wildman–Crippen LogP) is 3.58. The highest BCUT2D eigenvalue weighted by Gasteiger charge is 2.18. The van der Waals surface area contributed by atoms with Crippen molar-refractivity contribution in [2.24, 2.45) is 5.92 Å². The summed E-state index contributed by atoms with van der Waals surface area (Å²) in [4.78, 5) is 0. The van der Waals surface area contributed by atoms with Gasteiger partial charge in [0.15, 0.2) is 0 Å². The highest BCUT2D eigenvalue weighted by Crippen LogP contribution is 2.26. The van der Waals surface area contributed by atoms with Crippen LogP contribution in [0.25, 0.3) is 0 Å². The van der Waals surface area contributed by atoms with E-state index in [4.69, 9.17) is 4.74 Å². The number of halogens is 1. The van der Waals surface area contributed by atoms with Gasteiger partial charge in [-0.1, -0.05) is 26.0 Å². The van der Waals surface area contributed by atoms with E-state index in [1.807, 2.05) is 12.1 Å². The maximum atomic E-state index is 13.0. The number of methoxy groups -OCH3 is 1. The number of rotatable bonds is 9. The van der Waals surface area contributed by atoms with Crippen LogP contribution >= 0.6 is 0 Å². The molecule has 0 saturated heterocycles. The van der Waals surface area contributed by atoms with Gasteiger partial charge >= 0.3 is 0 Å². The van der Waals surface area contributed by atoms with E-state index in [1.165, 1.54) is 5.56 Å². The summed E-state index contributed by atoms with van der Waals surface area (Å²) in [5.74, 6) is 0.741. The van der Waals surface area contributed by atoms with Crippen LogP contribution in [0, 0.1) is 11.7 Å². The van der Waals surface area contributed by atoms with E-state index in [-0.39, 0.29) is 5.82 Å². The highest BCUT2D eigenvalue weighted by molar-refractivity contribution is 5.21. The summed E-state index contributed by atoms with van der Waals surface area (Å²) < 4.78 is 18.2. The summed E-state index contributed by atoms with van der Waals surface area (Å²) in [6.07, 6.45) is 2.15. The van der Waals surface area contributed by atoms with Crippen LogP contribution < -0.4 is 5.32 Å². The van der Waals surface area contributed by atoms with Crippen LogP contribution in [-0.2, 0) is 4.74 Å². The molecule has 0 aliphatic rings. The van der Waals surface area contributed by atoms with Crippen LogP contribution in [0.15, 0.2) is 24.3 Å². The molecule has 0 fully saturated rings. The molecule has 0 heterocycles. The third-order valence-electron chi connectivity index (χ3n) is 3.55. The predicted molar refractivity (Wildman–Crippen MR) is 78.0 cm³/mol. The molecule has 108 valence electrons. The summed E-state index contributed by atoms with van der Waals surface area (Å²) in [6, 6.07) is 6.89. The van der Waals surface area contributed by atoms with Crippen molar-refractivity contribution >= 4 is 0 Å². The van der Waals surface area contributed by atoms with E-state index in [0.29, 0.717) is 11.8 Å². The molecule has 1 aromatic rings. The van der Waals surface area contributed by atoms with Crippen molar-refractivity contribution in [3.63, 3.8) is 0 Å². The summed E-state index contributed by atoms with van der Waals surface area (Å²) in [5.41, 5.74) is 1.20. The lowest BCUT2D eigenvalue weighted by atomic mass is 9.85. The largest absolute Gasteiger partial charge is 0.385 e. The van der Waals surface area contributed by atoms with E-state index in [2.05, 4.69) is 19.2 Å². The fraction of sp³-hybridized carbons (Fsp3) is 0.625. The molecule has 0 aromatic heterocycles. The molecule has 19 heavy (non-hydrogen) atoms. The van der Waals surface area contributed by atoms with Gasteiger partial charge in [0.05, 0.1) is 0 Å². The molecule has 1 aromatic carbocycles. The molecule has 0 aliphatic heterocycles. The second-order valence-electron chi connectivity index (χ2n) is 5.12. The van der Waals surface area contributed by atoms with E-state index in [1.54, 1.807) is 19.2 Å². The fourth-order valence-electron chi connectivity index (χ4n) is 2.30. The standard InChI is InChI=1S/C16H26FNO/c1-4-10-18-12-16(13(2)9-11-19-3)14-5-7-15(17)8-6-14/h5-8,13,16,18H,4,9-12H2,1-3H3. The van der Waals surface area contributed by atoms with E-state index >= 15 is 0 Å². The highest BCUT2D eigenvalue weighted by atomic mass is 19.1. The van der Waals surface area contributed by atoms with Gasteiger partial charge in [0.25, 0.3) is 0 Å². The Morgan fingerprint density at radius 3 is 2.53 bits per heavy atom. The summed E-state index contributed by atoms with van der Waals surface area (Å²) >= 11 is 0. The first-order valence-electron chi connectivity index (χ1n) is 7.14. The zero-order chi connectivity index (χ0) is 14.1. The van der Waals surface area contributed by atoms with E-state index in [0.717, 1.165) is 32.5 Å². The van der Waals surface area contributed by atoms with E-state index in [9.17, 15) is 4.39 Å². The Bertz CT molecular complexity index is 339. The lowest BCUT2D eigenvalue weighted by molar-refractivity contribution is 0.174. The van der Waals surface area contributed by atoms with Gasteiger partial charge in [-0.3, -0.25) is 0 Å². The second kappa shape index (κ2) is 9.05. The molecule has 0 radical (unpaired) electrons. The zero-order valence-electron chi connectivity index (χ0n) is 12.3. The van der Waals surface area contributed by atoms with Crippen molar-refractivity contribution in [3.8, 4) is 0 Å². The van der Waals surface area contributed by atoms with Crippen molar-refractivity contribution in [1.82, 2.24) is 5.32 Å². The normalized spacial score (nSPS) is 14.3. The average molecular weight is 267 g/mol. The first kappa shape index (κ1) is 16.1. The second-order valence-corrected chi connectivity index (χ2v) is 5.12. The molecule has 1 rings (SSSR count). The third kappa shape index (κ3) is 5.70. The van der Waals surface area contributed by atoms with Gasteiger partial charge in [-0.2, -0.15) is 0 Å². The van der Waals surface area contributed by atoms with Gasteiger partial charge in [0, 0.05) is 20.3 Å². The SMILES string of the molecule is CCCNCC(c1ccc(F)cc1)C(C)CCOC. The number of hydrogen-bond acceptors (Lipinski definition) is 2. The third-order valence-corrected chi connectivity index (χ3v) is 3.55. The quantitative estimate of drug-likeness (QED) is 0.690. The molecule has 2 unspecified atom stereocenters. The molecular weight excluding hydrogens is 241 g/mol. The Labute approximate surface area is 116 Å². The van der Waals surface area contributed by atoms with Crippen molar-refractivity contribution < 1.29 is 9.13 Å². The van der Waals surface area contributed by atoms with Gasteiger partial charge in [-0.25, -0.2) is 4.39 Å². The zero-order valence-corrected chi connectivity index (χ0v) is 12.3. The Hall–Kier alpha value is -0.930. The van der Waals surface area contributed by atoms with Gasteiger partial charge < -0.3 is 10.1 Å². The van der Waals surface area contributed by atoms with Crippen LogP contribution in [0.4, 0.5) is 4.39 Å². The van der Waals surface area contributed by atoms with Gasteiger partial charge in [0.2, 0.25) is 0 Å². The smallest absolute Gasteiger partial charge is 0.123 e. The number of hydrogen-bond donors (Lipinski definition) is 1. The van der Waals surface area contributed by atoms with Crippen molar-refractivity contribution in [3.05, 3.63) is 35.6 Å². The molecule has 0 saturated carbocycles. The molecule has 2 nitrogen and oxygen atoms in total. The number of nitrogens with one attached hydrogen (secondary N) is 1. The van der Waals surface area contributed by atoms with Crippen molar-refractivity contribution in [2.45, 2.75) is 32.6 Å². The van der Waals surface area contributed by atoms with Crippen molar-refractivity contribution in [1.29, 1.82) is 0 Å². The first-order valence-corrected chi connectivity index (χ1v) is 7.14. The first-order chi connectivity index (χ1) is 9.19. The minimum atomic E-state index is -0.173. The summed E-state index contributed by atoms with van der Waals surface area (Å²) in [5, 5.41) is 3.47. The Morgan fingerprint density at radius 1 is 1.26 bits per heavy atom. The number of benzene rings is 1. The number of ether oxygens (including phenoxy) is 1. The summed E-state index contributed by atoms with van der Waals surface area (Å²) in [7, 11) is 1.73. The average Bonchev–Trinajstić information content (AvgIpc) is 2.42. The maximum absolute atomic E-state index is 13.0. The minimum Gasteiger partial charge on any atom is -0.385 e. The molecule has 0 bridgehead atoms. The van der Waals surface area contributed by atoms with Crippen LogP contribution in [0.3, 0.4) is 0 Å². The Kier molecular flexibility index (Phi) is 7.68. The van der Waals surface area contributed by atoms with Crippen LogP contribution in [0.2, 0.25) is 0 Å². The molecule has 2 atom stereocenters. The van der Waals surface area contributed by atoms with Crippen LogP contribution in [-0.4, -0.2) is 26.8 Å². The van der Waals surface area contributed by atoms with Gasteiger partial charge in [-0.05, 0) is 48.9 Å². The molecule has 1 N–H and O–H groups in total. The molecular formula is C16H26FNO. The van der Waals surface area contributed by atoms with Crippen molar-refractivity contribution in [2.75, 3.05) is 26.8 Å². The van der Waals surface area contributed by atoms with Gasteiger partial charge in [-0.15, -0.1) is 0 Å². The lowest BCUT2D eigenvalue weighted by Crippen LogP contribution is -2.27. The minimum absolute atomic E-state index is 0.173. The summed E-state index contributed by atoms with van der Waals surface area (Å²) in [6.45, 7) is 7.13.